The molecule has 1 heterocycles. The zero-order valence-electron chi connectivity index (χ0n) is 10.1. The van der Waals surface area contributed by atoms with Crippen LogP contribution in [0.5, 0.6) is 0 Å². The predicted octanol–water partition coefficient (Wildman–Crippen LogP) is 0.405. The topological polar surface area (TPSA) is 95.1 Å². The monoisotopic (exact) mass is 261 g/mol. The molecule has 6 nitrogen and oxygen atoms in total. The van der Waals surface area contributed by atoms with Crippen LogP contribution in [0, 0.1) is 12.8 Å². The van der Waals surface area contributed by atoms with E-state index in [4.69, 9.17) is 5.11 Å². The van der Waals surface area contributed by atoms with Gasteiger partial charge < -0.3 is 5.11 Å². The van der Waals surface area contributed by atoms with Crippen molar-refractivity contribution in [3.05, 3.63) is 11.9 Å². The summed E-state index contributed by atoms with van der Waals surface area (Å²) in [6, 6.07) is 0. The number of aromatic nitrogens is 2. The first kappa shape index (κ1) is 14.1. The maximum absolute atomic E-state index is 11.9. The third-order valence-corrected chi connectivity index (χ3v) is 4.29. The molecule has 0 saturated heterocycles. The van der Waals surface area contributed by atoms with Gasteiger partial charge in [-0.15, -0.1) is 0 Å². The Morgan fingerprint density at radius 1 is 1.59 bits per heavy atom. The van der Waals surface area contributed by atoms with E-state index < -0.39 is 10.0 Å². The van der Waals surface area contributed by atoms with E-state index in [1.807, 2.05) is 6.92 Å². The van der Waals surface area contributed by atoms with Crippen molar-refractivity contribution < 1.29 is 13.5 Å². The van der Waals surface area contributed by atoms with Crippen LogP contribution in [-0.2, 0) is 10.0 Å². The molecule has 1 aromatic heterocycles. The van der Waals surface area contributed by atoms with Gasteiger partial charge in [0.25, 0.3) is 0 Å². The van der Waals surface area contributed by atoms with E-state index in [2.05, 4.69) is 14.9 Å². The highest BCUT2D eigenvalue weighted by molar-refractivity contribution is 7.89. The van der Waals surface area contributed by atoms with Crippen LogP contribution in [-0.4, -0.2) is 36.9 Å². The third-order valence-electron chi connectivity index (χ3n) is 2.75. The molecular weight excluding hydrogens is 242 g/mol. The Morgan fingerprint density at radius 3 is 2.76 bits per heavy atom. The molecule has 1 atom stereocenters. The number of nitrogens with one attached hydrogen (secondary N) is 2. The zero-order valence-corrected chi connectivity index (χ0v) is 10.9. The van der Waals surface area contributed by atoms with Crippen molar-refractivity contribution in [2.75, 3.05) is 13.2 Å². The molecule has 0 aliphatic carbocycles. The number of aromatic amines is 1. The maximum Gasteiger partial charge on any atom is 0.243 e. The Bertz CT molecular complexity index is 441. The highest BCUT2D eigenvalue weighted by Crippen LogP contribution is 2.12. The van der Waals surface area contributed by atoms with Gasteiger partial charge >= 0.3 is 0 Å². The number of aryl methyl sites for hydroxylation is 1. The molecule has 7 heteroatoms. The molecule has 0 aromatic carbocycles. The Labute approximate surface area is 101 Å². The smallest absolute Gasteiger partial charge is 0.243 e. The molecule has 0 aliphatic rings. The fraction of sp³-hybridized carbons (Fsp3) is 0.700. The number of nitrogens with zero attached hydrogens (tertiary/aromatic N) is 1. The Kier molecular flexibility index (Phi) is 5.10. The molecule has 0 saturated carbocycles. The van der Waals surface area contributed by atoms with Gasteiger partial charge in [-0.05, 0) is 19.3 Å². The van der Waals surface area contributed by atoms with E-state index in [1.165, 1.54) is 6.20 Å². The van der Waals surface area contributed by atoms with E-state index in [0.717, 1.165) is 6.42 Å². The van der Waals surface area contributed by atoms with Crippen molar-refractivity contribution in [1.29, 1.82) is 0 Å². The highest BCUT2D eigenvalue weighted by atomic mass is 32.2. The molecule has 0 aliphatic heterocycles. The van der Waals surface area contributed by atoms with Gasteiger partial charge in [-0.1, -0.05) is 13.3 Å². The second-order valence-corrected chi connectivity index (χ2v) is 5.73. The summed E-state index contributed by atoms with van der Waals surface area (Å²) in [6.45, 7) is 4.04. The van der Waals surface area contributed by atoms with Crippen molar-refractivity contribution in [2.24, 2.45) is 5.92 Å². The first-order chi connectivity index (χ1) is 8.01. The first-order valence-corrected chi connectivity index (χ1v) is 7.10. The fourth-order valence-electron chi connectivity index (χ4n) is 1.55. The number of hydrogen-bond acceptors (Lipinski definition) is 4. The zero-order chi connectivity index (χ0) is 12.9. The van der Waals surface area contributed by atoms with Gasteiger partial charge in [0.05, 0.1) is 11.9 Å². The predicted molar refractivity (Wildman–Crippen MR) is 64.0 cm³/mol. The summed E-state index contributed by atoms with van der Waals surface area (Å²) in [4.78, 5) is 0.177. The summed E-state index contributed by atoms with van der Waals surface area (Å²) in [7, 11) is -3.50. The molecule has 0 amide bonds. The lowest BCUT2D eigenvalue weighted by molar-refractivity contribution is 0.254. The fourth-order valence-corrected chi connectivity index (χ4v) is 2.80. The van der Waals surface area contributed by atoms with Crippen LogP contribution in [0.15, 0.2) is 11.1 Å². The summed E-state index contributed by atoms with van der Waals surface area (Å²) < 4.78 is 26.3. The van der Waals surface area contributed by atoms with Crippen LogP contribution in [0.2, 0.25) is 0 Å². The summed E-state index contributed by atoms with van der Waals surface area (Å²) >= 11 is 0. The van der Waals surface area contributed by atoms with E-state index >= 15 is 0 Å². The second kappa shape index (κ2) is 6.13. The molecule has 3 N–H and O–H groups in total. The van der Waals surface area contributed by atoms with Gasteiger partial charge in [-0.25, -0.2) is 13.1 Å². The van der Waals surface area contributed by atoms with Crippen LogP contribution < -0.4 is 4.72 Å². The minimum Gasteiger partial charge on any atom is -0.396 e. The molecule has 1 rings (SSSR count). The minimum atomic E-state index is -3.50. The lowest BCUT2D eigenvalue weighted by Crippen LogP contribution is -2.29. The van der Waals surface area contributed by atoms with E-state index in [1.54, 1.807) is 6.92 Å². The Morgan fingerprint density at radius 2 is 2.29 bits per heavy atom. The highest BCUT2D eigenvalue weighted by Gasteiger charge is 2.19. The number of hydrogen-bond donors (Lipinski definition) is 3. The number of sulfonamides is 1. The molecule has 0 spiro atoms. The van der Waals surface area contributed by atoms with E-state index in [0.29, 0.717) is 18.7 Å². The van der Waals surface area contributed by atoms with Gasteiger partial charge in [0, 0.05) is 13.2 Å². The minimum absolute atomic E-state index is 0.0744. The van der Waals surface area contributed by atoms with Crippen LogP contribution in [0.4, 0.5) is 0 Å². The van der Waals surface area contributed by atoms with Crippen LogP contribution in [0.25, 0.3) is 0 Å². The van der Waals surface area contributed by atoms with Crippen molar-refractivity contribution >= 4 is 10.0 Å². The summed E-state index contributed by atoms with van der Waals surface area (Å²) in [5.41, 5.74) is 0.521. The second-order valence-electron chi connectivity index (χ2n) is 4.00. The molecular formula is C10H19N3O3S. The standard InChI is InChI=1S/C10H19N3O3S/c1-3-9(4-5-14)6-12-17(15,16)10-7-11-13-8(10)2/h7,9,12,14H,3-6H2,1-2H3,(H,11,13). The van der Waals surface area contributed by atoms with Crippen molar-refractivity contribution in [1.82, 2.24) is 14.9 Å². The third kappa shape index (κ3) is 3.79. The largest absolute Gasteiger partial charge is 0.396 e. The maximum atomic E-state index is 11.9. The van der Waals surface area contributed by atoms with Crippen molar-refractivity contribution in [3.8, 4) is 0 Å². The Hall–Kier alpha value is -0.920. The number of H-pyrrole nitrogens is 1. The lowest BCUT2D eigenvalue weighted by Gasteiger charge is -2.14. The van der Waals surface area contributed by atoms with Gasteiger partial charge in [0.1, 0.15) is 4.90 Å². The van der Waals surface area contributed by atoms with Crippen LogP contribution >= 0.6 is 0 Å². The van der Waals surface area contributed by atoms with Crippen LogP contribution in [0.3, 0.4) is 0 Å². The normalized spacial score (nSPS) is 13.8. The summed E-state index contributed by atoms with van der Waals surface area (Å²) in [6.07, 6.45) is 2.72. The van der Waals surface area contributed by atoms with Gasteiger partial charge in [0.15, 0.2) is 0 Å². The summed E-state index contributed by atoms with van der Waals surface area (Å²) in [5.74, 6) is 0.155. The van der Waals surface area contributed by atoms with Gasteiger partial charge in [0.2, 0.25) is 10.0 Å². The SMILES string of the molecule is CCC(CCO)CNS(=O)(=O)c1cn[nH]c1C. The van der Waals surface area contributed by atoms with Gasteiger partial charge in [-0.3, -0.25) is 5.10 Å². The van der Waals surface area contributed by atoms with Crippen LogP contribution in [0.1, 0.15) is 25.5 Å². The molecule has 0 bridgehead atoms. The number of rotatable bonds is 7. The molecule has 0 radical (unpaired) electrons. The van der Waals surface area contributed by atoms with Crippen molar-refractivity contribution in [2.45, 2.75) is 31.6 Å². The van der Waals surface area contributed by atoms with E-state index in [-0.39, 0.29) is 17.4 Å². The summed E-state index contributed by atoms with van der Waals surface area (Å²) in [5, 5.41) is 15.1. The van der Waals surface area contributed by atoms with Crippen molar-refractivity contribution in [3.63, 3.8) is 0 Å². The quantitative estimate of drug-likeness (QED) is 0.662. The molecule has 0 fully saturated rings. The average Bonchev–Trinajstić information content (AvgIpc) is 2.71. The molecule has 1 aromatic rings. The Balaban J connectivity index is 2.65. The lowest BCUT2D eigenvalue weighted by atomic mass is 10.0. The van der Waals surface area contributed by atoms with E-state index in [9.17, 15) is 8.42 Å². The van der Waals surface area contributed by atoms with Gasteiger partial charge in [-0.2, -0.15) is 5.10 Å². The molecule has 17 heavy (non-hydrogen) atoms. The first-order valence-electron chi connectivity index (χ1n) is 5.61. The number of aliphatic hydroxyl groups is 1. The molecule has 98 valence electrons. The average molecular weight is 261 g/mol. The number of aliphatic hydroxyl groups excluding tert-OH is 1. The molecule has 1 unspecified atom stereocenters.